The molecule has 2 aromatic carbocycles. The topological polar surface area (TPSA) is 56.0 Å². The minimum atomic E-state index is 0. The third-order valence-corrected chi connectivity index (χ3v) is 8.97. The average Bonchev–Trinajstić information content (AvgIpc) is 3.55. The van der Waals surface area contributed by atoms with E-state index in [0.717, 1.165) is 33.6 Å². The number of anilines is 3. The number of nitrogens with zero attached hydrogens (tertiary/aromatic N) is 5. The molecule has 7 heteroatoms. The van der Waals surface area contributed by atoms with Gasteiger partial charge in [-0.1, -0.05) is 87.1 Å². The van der Waals surface area contributed by atoms with Gasteiger partial charge in [-0.2, -0.15) is 4.90 Å². The first-order chi connectivity index (χ1) is 18.9. The number of hydrogen-bond acceptors (Lipinski definition) is 5. The Kier molecular flexibility index (Phi) is 7.94. The fourth-order valence-corrected chi connectivity index (χ4v) is 6.38. The summed E-state index contributed by atoms with van der Waals surface area (Å²) in [4.78, 5) is 12.7. The van der Waals surface area contributed by atoms with Gasteiger partial charge in [0.25, 0.3) is 0 Å². The molecule has 2 aliphatic carbocycles. The van der Waals surface area contributed by atoms with Gasteiger partial charge in [-0.05, 0) is 66.1 Å². The van der Waals surface area contributed by atoms with Crippen molar-refractivity contribution in [3.63, 3.8) is 0 Å². The van der Waals surface area contributed by atoms with Crippen LogP contribution in [0.25, 0.3) is 11.4 Å². The Balaban J connectivity index is 0.000000355. The van der Waals surface area contributed by atoms with Crippen LogP contribution >= 0.6 is 0 Å². The molecule has 3 aromatic heterocycles. The van der Waals surface area contributed by atoms with E-state index in [4.69, 9.17) is 22.7 Å². The van der Waals surface area contributed by atoms with Gasteiger partial charge >= 0.3 is 21.1 Å². The Hall–Kier alpha value is -3.34. The third kappa shape index (κ3) is 4.78. The first kappa shape index (κ1) is 28.2. The zero-order valence-electron chi connectivity index (χ0n) is 22.8. The number of hydrogen-bond donors (Lipinski definition) is 0. The number of aromatic nitrogens is 4. The maximum Gasteiger partial charge on any atom is 2.00 e. The molecular formula is C33H31N5PtS. The predicted molar refractivity (Wildman–Crippen MR) is 158 cm³/mol. The van der Waals surface area contributed by atoms with E-state index in [1.807, 2.05) is 79.0 Å². The van der Waals surface area contributed by atoms with Gasteiger partial charge in [0.1, 0.15) is 11.6 Å². The molecule has 2 unspecified atom stereocenters. The summed E-state index contributed by atoms with van der Waals surface area (Å²) < 4.78 is 0. The van der Waals surface area contributed by atoms with E-state index in [1.165, 1.54) is 24.1 Å². The second-order valence-corrected chi connectivity index (χ2v) is 11.5. The molecule has 0 saturated heterocycles. The summed E-state index contributed by atoms with van der Waals surface area (Å²) in [6, 6.07) is 31.9. The Morgan fingerprint density at radius 2 is 1.50 bits per heavy atom. The number of fused-ring (bicyclic) bond motifs is 5. The van der Waals surface area contributed by atoms with Crippen molar-refractivity contribution in [2.24, 2.45) is 5.41 Å². The van der Waals surface area contributed by atoms with Gasteiger partial charge in [0.15, 0.2) is 0 Å². The summed E-state index contributed by atoms with van der Waals surface area (Å²) in [5.41, 5.74) is 5.63. The van der Waals surface area contributed by atoms with Crippen molar-refractivity contribution >= 4 is 30.0 Å². The van der Waals surface area contributed by atoms with Crippen molar-refractivity contribution in [1.29, 1.82) is 0 Å². The summed E-state index contributed by atoms with van der Waals surface area (Å²) >= 11 is 4.81. The van der Waals surface area contributed by atoms with Crippen molar-refractivity contribution in [3.05, 3.63) is 115 Å². The van der Waals surface area contributed by atoms with Crippen LogP contribution < -0.4 is 10.00 Å². The standard InChI is InChI=1S/C27H26N5.C6H6S.Pt/c1-26(2)19-15-16-27(26,3)25-23(19)24(30-31-25)20-12-9-14-22(29-20)32(18-10-5-4-6-11-18)21-13-7-8-17-28-21;7-6-4-2-1-3-5-6;/h4-14,17,19H,15-16H2,1-3H3;1-5,7H;/q-1;;+2/p-1. The van der Waals surface area contributed by atoms with Crippen molar-refractivity contribution in [1.82, 2.24) is 20.2 Å². The average molecular weight is 725 g/mol. The first-order valence-electron chi connectivity index (χ1n) is 13.4. The van der Waals surface area contributed by atoms with Crippen LogP contribution in [0.4, 0.5) is 17.3 Å². The Labute approximate surface area is 256 Å². The largest absolute Gasteiger partial charge is 2.00 e. The quantitative estimate of drug-likeness (QED) is 0.177. The molecule has 3 heterocycles. The Morgan fingerprint density at radius 1 is 0.825 bits per heavy atom. The van der Waals surface area contributed by atoms with E-state index in [0.29, 0.717) is 5.92 Å². The van der Waals surface area contributed by atoms with E-state index in [-0.39, 0.29) is 31.9 Å². The van der Waals surface area contributed by atoms with E-state index in [9.17, 15) is 0 Å². The van der Waals surface area contributed by atoms with Crippen molar-refractivity contribution in [3.8, 4) is 11.4 Å². The minimum Gasteiger partial charge on any atom is -0.780 e. The van der Waals surface area contributed by atoms with Crippen LogP contribution in [-0.2, 0) is 39.1 Å². The number of rotatable bonds is 4. The second-order valence-electron chi connectivity index (χ2n) is 11.0. The minimum absolute atomic E-state index is 0. The molecule has 2 bridgehead atoms. The molecule has 40 heavy (non-hydrogen) atoms. The molecule has 1 fully saturated rings. The Morgan fingerprint density at radius 3 is 2.15 bits per heavy atom. The van der Waals surface area contributed by atoms with E-state index < -0.39 is 0 Å². The molecule has 0 amide bonds. The summed E-state index contributed by atoms with van der Waals surface area (Å²) in [7, 11) is 0. The predicted octanol–water partition coefficient (Wildman–Crippen LogP) is 7.73. The number of pyridine rings is 2. The molecule has 5 aromatic rings. The van der Waals surface area contributed by atoms with Gasteiger partial charge in [0, 0.05) is 23.0 Å². The molecule has 0 radical (unpaired) electrons. The first-order valence-corrected chi connectivity index (χ1v) is 13.8. The summed E-state index contributed by atoms with van der Waals surface area (Å²) in [5.74, 6) is 2.13. The molecular weight excluding hydrogens is 694 g/mol. The fraction of sp³-hybridized carbons (Fsp3) is 0.242. The van der Waals surface area contributed by atoms with Gasteiger partial charge in [0.2, 0.25) is 0 Å². The summed E-state index contributed by atoms with van der Waals surface area (Å²) in [5, 5.41) is 9.36. The molecule has 2 atom stereocenters. The third-order valence-electron chi connectivity index (χ3n) is 8.70. The summed E-state index contributed by atoms with van der Waals surface area (Å²) in [6.45, 7) is 7.13. The zero-order valence-corrected chi connectivity index (χ0v) is 25.9. The van der Waals surface area contributed by atoms with E-state index >= 15 is 0 Å². The molecule has 1 saturated carbocycles. The molecule has 2 aliphatic rings. The number of benzene rings is 2. The smallest absolute Gasteiger partial charge is 0.780 e. The molecule has 204 valence electrons. The second kappa shape index (κ2) is 11.3. The summed E-state index contributed by atoms with van der Waals surface area (Å²) in [6.07, 6.45) is 4.19. The Bertz CT molecular complexity index is 1530. The van der Waals surface area contributed by atoms with E-state index in [2.05, 4.69) is 60.0 Å². The van der Waals surface area contributed by atoms with Crippen molar-refractivity contribution in [2.45, 2.75) is 49.8 Å². The maximum atomic E-state index is 5.08. The monoisotopic (exact) mass is 724 g/mol. The molecule has 7 rings (SSSR count). The maximum absolute atomic E-state index is 5.08. The van der Waals surface area contributed by atoms with Crippen molar-refractivity contribution < 1.29 is 21.1 Å². The zero-order chi connectivity index (χ0) is 27.0. The number of para-hydroxylation sites is 1. The van der Waals surface area contributed by atoms with Gasteiger partial charge in [-0.3, -0.25) is 4.90 Å². The van der Waals surface area contributed by atoms with Crippen LogP contribution in [-0.4, -0.2) is 15.1 Å². The fourth-order valence-electron chi connectivity index (χ4n) is 6.22. The van der Waals surface area contributed by atoms with Crippen LogP contribution in [0.5, 0.6) is 0 Å². The molecule has 0 N–H and O–H groups in total. The van der Waals surface area contributed by atoms with Crippen LogP contribution in [0.15, 0.2) is 108 Å². The molecule has 0 aliphatic heterocycles. The normalized spacial score (nSPS) is 19.6. The molecule has 0 spiro atoms. The SMILES string of the molecule is CC12CCC(c3c1n[n-]c3-c1cccc(N(c3ccccc3)c3ccccn3)n1)C2(C)C.[Pt+2].[S-]c1ccccc1. The van der Waals surface area contributed by atoms with E-state index in [1.54, 1.807) is 0 Å². The van der Waals surface area contributed by atoms with Crippen LogP contribution in [0.2, 0.25) is 0 Å². The van der Waals surface area contributed by atoms with Crippen molar-refractivity contribution in [2.75, 3.05) is 4.90 Å². The van der Waals surface area contributed by atoms with Crippen LogP contribution in [0, 0.1) is 5.41 Å². The molecule has 5 nitrogen and oxygen atoms in total. The van der Waals surface area contributed by atoms with Gasteiger partial charge in [-0.15, -0.1) is 0 Å². The van der Waals surface area contributed by atoms with Crippen LogP contribution in [0.3, 0.4) is 0 Å². The van der Waals surface area contributed by atoms with Crippen LogP contribution in [0.1, 0.15) is 50.8 Å². The van der Waals surface area contributed by atoms with Gasteiger partial charge < -0.3 is 22.8 Å². The van der Waals surface area contributed by atoms with Gasteiger partial charge in [0.05, 0.1) is 5.69 Å². The van der Waals surface area contributed by atoms with Gasteiger partial charge in [-0.25, -0.2) is 9.97 Å².